The van der Waals surface area contributed by atoms with Crippen LogP contribution >= 0.6 is 0 Å². The molecule has 19 heavy (non-hydrogen) atoms. The zero-order valence-corrected chi connectivity index (χ0v) is 12.7. The molecule has 0 saturated carbocycles. The minimum Gasteiger partial charge on any atom is -0.329 e. The van der Waals surface area contributed by atoms with Crippen molar-refractivity contribution in [3.63, 3.8) is 0 Å². The van der Waals surface area contributed by atoms with Gasteiger partial charge in [0.25, 0.3) is 0 Å². The van der Waals surface area contributed by atoms with Crippen LogP contribution in [0.5, 0.6) is 0 Å². The largest absolute Gasteiger partial charge is 0.329 e. The van der Waals surface area contributed by atoms with Gasteiger partial charge in [-0.05, 0) is 48.9 Å². The summed E-state index contributed by atoms with van der Waals surface area (Å²) in [6.45, 7) is 9.99. The molecule has 1 unspecified atom stereocenters. The molecule has 0 aromatic heterocycles. The highest BCUT2D eigenvalue weighted by atomic mass is 15.2. The van der Waals surface area contributed by atoms with Crippen molar-refractivity contribution in [3.05, 3.63) is 35.4 Å². The van der Waals surface area contributed by atoms with Crippen LogP contribution in [-0.2, 0) is 11.8 Å². The Morgan fingerprint density at radius 2 is 1.68 bits per heavy atom. The number of rotatable bonds is 4. The highest BCUT2D eigenvalue weighted by molar-refractivity contribution is 5.28. The predicted octanol–water partition coefficient (Wildman–Crippen LogP) is 2.95. The number of benzene rings is 1. The third kappa shape index (κ3) is 3.80. The van der Waals surface area contributed by atoms with Gasteiger partial charge in [0.05, 0.1) is 0 Å². The molecule has 1 atom stereocenters. The minimum atomic E-state index is 0.237. The molecule has 2 nitrogen and oxygen atoms in total. The van der Waals surface area contributed by atoms with Crippen molar-refractivity contribution >= 4 is 0 Å². The molecule has 2 N–H and O–H groups in total. The van der Waals surface area contributed by atoms with Gasteiger partial charge in [-0.2, -0.15) is 0 Å². The third-order valence-electron chi connectivity index (χ3n) is 4.22. The third-order valence-corrected chi connectivity index (χ3v) is 4.22. The molecule has 0 radical (unpaired) electrons. The minimum absolute atomic E-state index is 0.237. The summed E-state index contributed by atoms with van der Waals surface area (Å²) in [6, 6.07) is 9.61. The molecule has 1 saturated heterocycles. The Kier molecular flexibility index (Phi) is 4.64. The van der Waals surface area contributed by atoms with Crippen LogP contribution in [0.3, 0.4) is 0 Å². The molecule has 106 valence electrons. The average molecular weight is 260 g/mol. The van der Waals surface area contributed by atoms with Crippen molar-refractivity contribution in [2.24, 2.45) is 5.73 Å². The Morgan fingerprint density at radius 1 is 1.11 bits per heavy atom. The van der Waals surface area contributed by atoms with Gasteiger partial charge < -0.3 is 5.73 Å². The van der Waals surface area contributed by atoms with Gasteiger partial charge in [0.15, 0.2) is 0 Å². The molecule has 1 aromatic rings. The van der Waals surface area contributed by atoms with Crippen LogP contribution in [-0.4, -0.2) is 30.6 Å². The lowest BCUT2D eigenvalue weighted by Gasteiger charge is -2.26. The van der Waals surface area contributed by atoms with Crippen molar-refractivity contribution < 1.29 is 0 Å². The Bertz CT molecular complexity index is 383. The summed E-state index contributed by atoms with van der Waals surface area (Å²) in [5.74, 6) is 0. The second-order valence-electron chi connectivity index (χ2n) is 6.78. The van der Waals surface area contributed by atoms with E-state index >= 15 is 0 Å². The summed E-state index contributed by atoms with van der Waals surface area (Å²) in [6.07, 6.45) is 3.75. The number of nitrogens with zero attached hydrogens (tertiary/aromatic N) is 1. The lowest BCUT2D eigenvalue weighted by molar-refractivity contribution is 0.246. The highest BCUT2D eigenvalue weighted by Gasteiger charge is 2.21. The standard InChI is InChI=1S/C17H28N2/c1-17(2,3)15-8-6-14(7-9-15)12-16(13-18)19-10-4-5-11-19/h6-9,16H,4-5,10-13,18H2,1-3H3. The fourth-order valence-electron chi connectivity index (χ4n) is 2.88. The first-order valence-electron chi connectivity index (χ1n) is 7.54. The number of hydrogen-bond donors (Lipinski definition) is 1. The topological polar surface area (TPSA) is 29.3 Å². The van der Waals surface area contributed by atoms with E-state index in [-0.39, 0.29) is 5.41 Å². The lowest BCUT2D eigenvalue weighted by atomic mass is 9.86. The van der Waals surface area contributed by atoms with Gasteiger partial charge in [0, 0.05) is 12.6 Å². The first-order valence-corrected chi connectivity index (χ1v) is 7.54. The Hall–Kier alpha value is -0.860. The molecule has 1 heterocycles. The molecule has 2 heteroatoms. The Morgan fingerprint density at radius 3 is 2.16 bits per heavy atom. The van der Waals surface area contributed by atoms with Gasteiger partial charge in [-0.25, -0.2) is 0 Å². The first-order chi connectivity index (χ1) is 9.00. The van der Waals surface area contributed by atoms with Crippen LogP contribution in [0.15, 0.2) is 24.3 Å². The molecule has 0 amide bonds. The van der Waals surface area contributed by atoms with Gasteiger partial charge in [0.2, 0.25) is 0 Å². The molecule has 1 aromatic carbocycles. The molecule has 2 rings (SSSR count). The summed E-state index contributed by atoms with van der Waals surface area (Å²) in [5.41, 5.74) is 9.01. The second-order valence-corrected chi connectivity index (χ2v) is 6.78. The van der Waals surface area contributed by atoms with Gasteiger partial charge >= 0.3 is 0 Å². The molecule has 0 aliphatic carbocycles. The van der Waals surface area contributed by atoms with Gasteiger partial charge in [-0.1, -0.05) is 45.0 Å². The van der Waals surface area contributed by atoms with E-state index in [0.29, 0.717) is 6.04 Å². The van der Waals surface area contributed by atoms with E-state index in [1.54, 1.807) is 0 Å². The zero-order valence-electron chi connectivity index (χ0n) is 12.7. The van der Waals surface area contributed by atoms with Gasteiger partial charge in [-0.15, -0.1) is 0 Å². The van der Waals surface area contributed by atoms with Gasteiger partial charge in [-0.3, -0.25) is 4.90 Å². The highest BCUT2D eigenvalue weighted by Crippen LogP contribution is 2.23. The average Bonchev–Trinajstić information content (AvgIpc) is 2.89. The van der Waals surface area contributed by atoms with E-state index in [1.165, 1.54) is 37.1 Å². The summed E-state index contributed by atoms with van der Waals surface area (Å²) in [4.78, 5) is 2.55. The van der Waals surface area contributed by atoms with Crippen LogP contribution in [0.4, 0.5) is 0 Å². The molecule has 0 bridgehead atoms. The first kappa shape index (κ1) is 14.5. The van der Waals surface area contributed by atoms with Crippen molar-refractivity contribution in [2.75, 3.05) is 19.6 Å². The number of nitrogens with two attached hydrogens (primary N) is 1. The summed E-state index contributed by atoms with van der Waals surface area (Å²) in [7, 11) is 0. The van der Waals surface area contributed by atoms with E-state index in [4.69, 9.17) is 5.73 Å². The van der Waals surface area contributed by atoms with E-state index in [1.807, 2.05) is 0 Å². The van der Waals surface area contributed by atoms with E-state index < -0.39 is 0 Å². The Balaban J connectivity index is 2.01. The van der Waals surface area contributed by atoms with Gasteiger partial charge in [0.1, 0.15) is 0 Å². The van der Waals surface area contributed by atoms with E-state index in [9.17, 15) is 0 Å². The molecule has 0 spiro atoms. The molecule has 1 aliphatic heterocycles. The lowest BCUT2D eigenvalue weighted by Crippen LogP contribution is -2.40. The smallest absolute Gasteiger partial charge is 0.0258 e. The normalized spacial score (nSPS) is 18.7. The maximum Gasteiger partial charge on any atom is 0.0258 e. The maximum absolute atomic E-state index is 5.96. The Labute approximate surface area is 118 Å². The summed E-state index contributed by atoms with van der Waals surface area (Å²) >= 11 is 0. The predicted molar refractivity (Wildman–Crippen MR) is 82.5 cm³/mol. The molecule has 1 aliphatic rings. The number of likely N-dealkylation sites (tertiary alicyclic amines) is 1. The second kappa shape index (κ2) is 6.06. The fraction of sp³-hybridized carbons (Fsp3) is 0.647. The van der Waals surface area contributed by atoms with Crippen LogP contribution in [0.2, 0.25) is 0 Å². The SMILES string of the molecule is CC(C)(C)c1ccc(CC(CN)N2CCCC2)cc1. The monoisotopic (exact) mass is 260 g/mol. The fourth-order valence-corrected chi connectivity index (χ4v) is 2.88. The molecule has 1 fully saturated rings. The van der Waals surface area contributed by atoms with Crippen molar-refractivity contribution in [1.82, 2.24) is 4.90 Å². The molecular formula is C17H28N2. The van der Waals surface area contributed by atoms with Crippen molar-refractivity contribution in [3.8, 4) is 0 Å². The maximum atomic E-state index is 5.96. The van der Waals surface area contributed by atoms with Crippen LogP contribution in [0.1, 0.15) is 44.7 Å². The number of hydrogen-bond acceptors (Lipinski definition) is 2. The zero-order chi connectivity index (χ0) is 13.9. The van der Waals surface area contributed by atoms with Crippen molar-refractivity contribution in [2.45, 2.75) is 51.5 Å². The summed E-state index contributed by atoms with van der Waals surface area (Å²) < 4.78 is 0. The van der Waals surface area contributed by atoms with E-state index in [0.717, 1.165) is 13.0 Å². The quantitative estimate of drug-likeness (QED) is 0.902. The van der Waals surface area contributed by atoms with Crippen LogP contribution < -0.4 is 5.73 Å². The molecular weight excluding hydrogens is 232 g/mol. The van der Waals surface area contributed by atoms with Crippen LogP contribution in [0, 0.1) is 0 Å². The van der Waals surface area contributed by atoms with E-state index in [2.05, 4.69) is 49.9 Å². The van der Waals surface area contributed by atoms with Crippen molar-refractivity contribution in [1.29, 1.82) is 0 Å². The van der Waals surface area contributed by atoms with Crippen LogP contribution in [0.25, 0.3) is 0 Å². The summed E-state index contributed by atoms with van der Waals surface area (Å²) in [5, 5.41) is 0.